The average Bonchev–Trinajstić information content (AvgIpc) is 3.39. The monoisotopic (exact) mass is 424 g/mol. The lowest BCUT2D eigenvalue weighted by Gasteiger charge is -2.17. The molecule has 0 aliphatic rings. The van der Waals surface area contributed by atoms with Crippen molar-refractivity contribution in [2.24, 2.45) is 0 Å². The fourth-order valence-electron chi connectivity index (χ4n) is 3.80. The van der Waals surface area contributed by atoms with Gasteiger partial charge in [0.25, 0.3) is 0 Å². The number of rotatable bonds is 8. The van der Waals surface area contributed by atoms with E-state index in [2.05, 4.69) is 11.9 Å². The van der Waals surface area contributed by atoms with E-state index in [-0.39, 0.29) is 11.7 Å². The molecule has 0 N–H and O–H groups in total. The Labute approximate surface area is 180 Å². The van der Waals surface area contributed by atoms with Gasteiger partial charge in [0, 0.05) is 24.8 Å². The molecule has 1 atom stereocenters. The summed E-state index contributed by atoms with van der Waals surface area (Å²) in [7, 11) is 0. The zero-order valence-electron chi connectivity index (χ0n) is 18.0. The molecule has 1 aromatic carbocycles. The van der Waals surface area contributed by atoms with Crippen molar-refractivity contribution in [3.8, 4) is 22.6 Å². The summed E-state index contributed by atoms with van der Waals surface area (Å²) in [5.74, 6) is -0.931. The number of aryl methyl sites for hydroxylation is 1. The Morgan fingerprint density at radius 1 is 1.13 bits per heavy atom. The van der Waals surface area contributed by atoms with Gasteiger partial charge in [-0.05, 0) is 61.7 Å². The standard InChI is InChI=1S/C25H26F2N2O2/c1-4-10-30-18(5-2)15-21-25(28-23-12-16(3)8-9-29(21)23)24-19(26)13-17(14-20(24)27)22-7-6-11-31-22/h6-9,11-14,18H,4-5,10,15H2,1-3H3. The van der Waals surface area contributed by atoms with Crippen LogP contribution in [-0.2, 0) is 11.2 Å². The molecule has 31 heavy (non-hydrogen) atoms. The Hall–Kier alpha value is -2.99. The summed E-state index contributed by atoms with van der Waals surface area (Å²) in [6, 6.07) is 9.81. The molecule has 4 nitrogen and oxygen atoms in total. The molecule has 6 heteroatoms. The van der Waals surface area contributed by atoms with Gasteiger partial charge in [0.1, 0.15) is 23.0 Å². The Morgan fingerprint density at radius 3 is 2.55 bits per heavy atom. The number of halogens is 2. The maximum absolute atomic E-state index is 15.2. The highest BCUT2D eigenvalue weighted by Crippen LogP contribution is 2.34. The van der Waals surface area contributed by atoms with Gasteiger partial charge in [0.05, 0.1) is 29.3 Å². The minimum Gasteiger partial charge on any atom is -0.464 e. The summed E-state index contributed by atoms with van der Waals surface area (Å²) in [5.41, 5.74) is 2.95. The molecule has 0 fully saturated rings. The highest BCUT2D eigenvalue weighted by atomic mass is 19.1. The van der Waals surface area contributed by atoms with E-state index in [1.54, 1.807) is 12.1 Å². The zero-order chi connectivity index (χ0) is 22.0. The van der Waals surface area contributed by atoms with Crippen LogP contribution in [0.15, 0.2) is 53.3 Å². The summed E-state index contributed by atoms with van der Waals surface area (Å²) in [5, 5.41) is 0. The third-order valence-electron chi connectivity index (χ3n) is 5.40. The summed E-state index contributed by atoms with van der Waals surface area (Å²) in [6.07, 6.45) is 5.52. The second-order valence-corrected chi connectivity index (χ2v) is 7.74. The first-order chi connectivity index (χ1) is 15.0. The highest BCUT2D eigenvalue weighted by Gasteiger charge is 2.24. The maximum Gasteiger partial charge on any atom is 0.137 e. The second kappa shape index (κ2) is 9.02. The number of fused-ring (bicyclic) bond motifs is 1. The van der Waals surface area contributed by atoms with Crippen molar-refractivity contribution in [2.75, 3.05) is 6.61 Å². The van der Waals surface area contributed by atoms with E-state index in [4.69, 9.17) is 9.15 Å². The first-order valence-corrected chi connectivity index (χ1v) is 10.6. The third kappa shape index (κ3) is 4.26. The van der Waals surface area contributed by atoms with Crippen LogP contribution in [0.4, 0.5) is 8.78 Å². The van der Waals surface area contributed by atoms with E-state index in [9.17, 15) is 0 Å². The zero-order valence-corrected chi connectivity index (χ0v) is 18.0. The van der Waals surface area contributed by atoms with Crippen molar-refractivity contribution >= 4 is 5.65 Å². The van der Waals surface area contributed by atoms with E-state index < -0.39 is 11.6 Å². The van der Waals surface area contributed by atoms with Gasteiger partial charge in [-0.15, -0.1) is 0 Å². The molecule has 162 valence electrons. The minimum atomic E-state index is -0.671. The third-order valence-corrected chi connectivity index (χ3v) is 5.40. The molecular formula is C25H26F2N2O2. The van der Waals surface area contributed by atoms with Crippen LogP contribution in [0.1, 0.15) is 37.9 Å². The molecule has 0 bridgehead atoms. The van der Waals surface area contributed by atoms with Crippen molar-refractivity contribution in [3.05, 3.63) is 71.8 Å². The molecule has 0 saturated carbocycles. The first kappa shape index (κ1) is 21.2. The minimum absolute atomic E-state index is 0.0617. The molecule has 3 heterocycles. The first-order valence-electron chi connectivity index (χ1n) is 10.6. The maximum atomic E-state index is 15.2. The van der Waals surface area contributed by atoms with E-state index in [1.165, 1.54) is 18.4 Å². The summed E-state index contributed by atoms with van der Waals surface area (Å²) < 4.78 is 43.6. The number of hydrogen-bond acceptors (Lipinski definition) is 3. The summed E-state index contributed by atoms with van der Waals surface area (Å²) in [4.78, 5) is 4.63. The number of imidazole rings is 1. The molecule has 4 rings (SSSR count). The van der Waals surface area contributed by atoms with E-state index in [0.717, 1.165) is 24.1 Å². The SMILES string of the molecule is CCCOC(CC)Cc1c(-c2c(F)cc(-c3ccco3)cc2F)nc2cc(C)ccn12. The van der Waals surface area contributed by atoms with E-state index in [0.29, 0.717) is 35.7 Å². The highest BCUT2D eigenvalue weighted by molar-refractivity contribution is 5.71. The topological polar surface area (TPSA) is 39.7 Å². The average molecular weight is 424 g/mol. The van der Waals surface area contributed by atoms with Crippen LogP contribution in [0.5, 0.6) is 0 Å². The van der Waals surface area contributed by atoms with Crippen LogP contribution >= 0.6 is 0 Å². The number of ether oxygens (including phenoxy) is 1. The van der Waals surface area contributed by atoms with Crippen LogP contribution in [0, 0.1) is 18.6 Å². The van der Waals surface area contributed by atoms with Crippen LogP contribution in [-0.4, -0.2) is 22.1 Å². The molecular weight excluding hydrogens is 398 g/mol. The van der Waals surface area contributed by atoms with Crippen LogP contribution in [0.25, 0.3) is 28.2 Å². The normalized spacial score (nSPS) is 12.5. The number of aromatic nitrogens is 2. The Morgan fingerprint density at radius 2 is 1.90 bits per heavy atom. The Kier molecular flexibility index (Phi) is 6.18. The lowest BCUT2D eigenvalue weighted by molar-refractivity contribution is 0.0508. The molecule has 0 aliphatic heterocycles. The number of hydrogen-bond donors (Lipinski definition) is 0. The van der Waals surface area contributed by atoms with Crippen LogP contribution < -0.4 is 0 Å². The van der Waals surface area contributed by atoms with Crippen LogP contribution in [0.3, 0.4) is 0 Å². The van der Waals surface area contributed by atoms with Crippen molar-refractivity contribution in [2.45, 2.75) is 46.1 Å². The molecule has 0 aliphatic carbocycles. The molecule has 1 unspecified atom stereocenters. The number of nitrogens with zero attached hydrogens (tertiary/aromatic N) is 2. The van der Waals surface area contributed by atoms with Gasteiger partial charge >= 0.3 is 0 Å². The number of furan rings is 1. The predicted molar refractivity (Wildman–Crippen MR) is 117 cm³/mol. The van der Waals surface area contributed by atoms with Gasteiger partial charge in [-0.1, -0.05) is 13.8 Å². The van der Waals surface area contributed by atoms with E-state index >= 15 is 8.78 Å². The van der Waals surface area contributed by atoms with Crippen molar-refractivity contribution < 1.29 is 17.9 Å². The quantitative estimate of drug-likeness (QED) is 0.320. The summed E-state index contributed by atoms with van der Waals surface area (Å²) >= 11 is 0. The fourth-order valence-corrected chi connectivity index (χ4v) is 3.80. The van der Waals surface area contributed by atoms with Crippen LogP contribution in [0.2, 0.25) is 0 Å². The Bertz CT molecular complexity index is 1160. The largest absolute Gasteiger partial charge is 0.464 e. The lowest BCUT2D eigenvalue weighted by Crippen LogP contribution is -2.17. The number of pyridine rings is 1. The summed E-state index contributed by atoms with van der Waals surface area (Å²) in [6.45, 7) is 6.71. The Balaban J connectivity index is 1.85. The smallest absolute Gasteiger partial charge is 0.137 e. The predicted octanol–water partition coefficient (Wildman–Crippen LogP) is 6.60. The second-order valence-electron chi connectivity index (χ2n) is 7.74. The molecule has 0 radical (unpaired) electrons. The van der Waals surface area contributed by atoms with Gasteiger partial charge in [-0.2, -0.15) is 0 Å². The van der Waals surface area contributed by atoms with Gasteiger partial charge in [0.2, 0.25) is 0 Å². The van der Waals surface area contributed by atoms with E-state index in [1.807, 2.05) is 36.6 Å². The molecule has 0 spiro atoms. The van der Waals surface area contributed by atoms with Gasteiger partial charge < -0.3 is 13.6 Å². The van der Waals surface area contributed by atoms with Gasteiger partial charge in [0.15, 0.2) is 0 Å². The molecule has 3 aromatic heterocycles. The van der Waals surface area contributed by atoms with Gasteiger partial charge in [-0.3, -0.25) is 0 Å². The molecule has 4 aromatic rings. The van der Waals surface area contributed by atoms with Gasteiger partial charge in [-0.25, -0.2) is 13.8 Å². The molecule has 0 amide bonds. The van der Waals surface area contributed by atoms with Crippen molar-refractivity contribution in [3.63, 3.8) is 0 Å². The molecule has 0 saturated heterocycles. The van der Waals surface area contributed by atoms with Crippen molar-refractivity contribution in [1.29, 1.82) is 0 Å². The number of benzene rings is 1. The fraction of sp³-hybridized carbons (Fsp3) is 0.320. The van der Waals surface area contributed by atoms with Crippen molar-refractivity contribution in [1.82, 2.24) is 9.38 Å². The lowest BCUT2D eigenvalue weighted by atomic mass is 10.0.